The van der Waals surface area contributed by atoms with E-state index in [-0.39, 0.29) is 0 Å². The molecule has 3 N–H and O–H groups in total. The molecule has 21 heavy (non-hydrogen) atoms. The highest BCUT2D eigenvalue weighted by atomic mass is 16.4. The first-order valence-electron chi connectivity index (χ1n) is 7.81. The molecular formula is C16H25N3O2. The number of hydrogen-bond acceptors (Lipinski definition) is 3. The van der Waals surface area contributed by atoms with Gasteiger partial charge in [0.1, 0.15) is 5.82 Å². The molecule has 116 valence electrons. The van der Waals surface area contributed by atoms with Gasteiger partial charge in [-0.3, -0.25) is 5.32 Å². The average molecular weight is 291 g/mol. The molecule has 1 atom stereocenters. The Morgan fingerprint density at radius 1 is 1.43 bits per heavy atom. The van der Waals surface area contributed by atoms with E-state index in [1.807, 2.05) is 12.1 Å². The number of nitrogens with one attached hydrogen (secondary N) is 2. The number of amides is 1. The first-order chi connectivity index (χ1) is 10.2. The van der Waals surface area contributed by atoms with Gasteiger partial charge in [-0.2, -0.15) is 0 Å². The first kappa shape index (κ1) is 15.8. The van der Waals surface area contributed by atoms with Gasteiger partial charge in [0.15, 0.2) is 0 Å². The summed E-state index contributed by atoms with van der Waals surface area (Å²) < 4.78 is 0. The summed E-state index contributed by atoms with van der Waals surface area (Å²) in [7, 11) is 0. The van der Waals surface area contributed by atoms with E-state index in [0.29, 0.717) is 18.3 Å². The van der Waals surface area contributed by atoms with Crippen molar-refractivity contribution >= 4 is 11.9 Å². The van der Waals surface area contributed by atoms with Gasteiger partial charge in [-0.1, -0.05) is 45.1 Å². The Labute approximate surface area is 126 Å². The maximum absolute atomic E-state index is 10.7. The minimum atomic E-state index is -1.08. The van der Waals surface area contributed by atoms with Gasteiger partial charge in [0, 0.05) is 18.3 Å². The topological polar surface area (TPSA) is 74.2 Å². The molecule has 0 spiro atoms. The summed E-state index contributed by atoms with van der Waals surface area (Å²) in [6.45, 7) is 3.91. The molecule has 1 aromatic heterocycles. The molecule has 1 aromatic rings. The molecule has 0 saturated heterocycles. The normalized spacial score (nSPS) is 17.4. The molecule has 5 heteroatoms. The van der Waals surface area contributed by atoms with Crippen LogP contribution in [0.4, 0.5) is 10.6 Å². The molecule has 1 aliphatic rings. The lowest BCUT2D eigenvalue weighted by molar-refractivity contribution is 0.209. The van der Waals surface area contributed by atoms with Crippen molar-refractivity contribution in [1.82, 2.24) is 10.3 Å². The van der Waals surface area contributed by atoms with Crippen molar-refractivity contribution in [2.75, 3.05) is 11.9 Å². The van der Waals surface area contributed by atoms with Crippen molar-refractivity contribution in [3.8, 4) is 0 Å². The molecule has 0 aliphatic heterocycles. The number of carbonyl (C=O) groups is 1. The highest BCUT2D eigenvalue weighted by Gasteiger charge is 2.19. The van der Waals surface area contributed by atoms with Crippen molar-refractivity contribution in [3.63, 3.8) is 0 Å². The Bertz CT molecular complexity index is 459. The summed E-state index contributed by atoms with van der Waals surface area (Å²) in [5.41, 5.74) is 0.885. The minimum absolute atomic E-state index is 0.419. The van der Waals surface area contributed by atoms with Crippen LogP contribution in [0.1, 0.15) is 44.6 Å². The Balaban J connectivity index is 1.81. The summed E-state index contributed by atoms with van der Waals surface area (Å²) in [6.07, 6.45) is 7.33. The number of nitrogens with zero attached hydrogens (tertiary/aromatic N) is 1. The first-order valence-corrected chi connectivity index (χ1v) is 7.81. The van der Waals surface area contributed by atoms with E-state index < -0.39 is 6.09 Å². The van der Waals surface area contributed by atoms with Gasteiger partial charge < -0.3 is 10.4 Å². The van der Waals surface area contributed by atoms with Crippen LogP contribution in [0, 0.1) is 11.8 Å². The van der Waals surface area contributed by atoms with Crippen molar-refractivity contribution in [3.05, 3.63) is 23.9 Å². The van der Waals surface area contributed by atoms with Gasteiger partial charge in [0.2, 0.25) is 0 Å². The van der Waals surface area contributed by atoms with Crippen LogP contribution in [0.15, 0.2) is 18.3 Å². The van der Waals surface area contributed by atoms with E-state index in [2.05, 4.69) is 22.5 Å². The predicted octanol–water partition coefficient (Wildman–Crippen LogP) is 3.48. The van der Waals surface area contributed by atoms with Crippen LogP contribution in [0.2, 0.25) is 0 Å². The van der Waals surface area contributed by atoms with E-state index in [1.54, 1.807) is 6.20 Å². The largest absolute Gasteiger partial charge is 0.465 e. The molecule has 0 bridgehead atoms. The van der Waals surface area contributed by atoms with Gasteiger partial charge >= 0.3 is 6.09 Å². The van der Waals surface area contributed by atoms with Crippen molar-refractivity contribution in [2.45, 2.75) is 45.6 Å². The fraction of sp³-hybridized carbons (Fsp3) is 0.625. The smallest absolute Gasteiger partial charge is 0.410 e. The van der Waals surface area contributed by atoms with E-state index >= 15 is 0 Å². The fourth-order valence-electron chi connectivity index (χ4n) is 3.10. The van der Waals surface area contributed by atoms with Crippen LogP contribution < -0.4 is 10.6 Å². The molecule has 1 heterocycles. The van der Waals surface area contributed by atoms with Gasteiger partial charge in [0.05, 0.1) is 0 Å². The lowest BCUT2D eigenvalue weighted by Gasteiger charge is -2.27. The van der Waals surface area contributed by atoms with Gasteiger partial charge in [-0.25, -0.2) is 9.78 Å². The zero-order valence-electron chi connectivity index (χ0n) is 12.6. The van der Waals surface area contributed by atoms with Crippen molar-refractivity contribution in [2.24, 2.45) is 11.8 Å². The number of anilines is 1. The molecule has 2 rings (SSSR count). The van der Waals surface area contributed by atoms with E-state index in [1.165, 1.54) is 32.1 Å². The summed E-state index contributed by atoms with van der Waals surface area (Å²) >= 11 is 0. The van der Waals surface area contributed by atoms with Crippen molar-refractivity contribution < 1.29 is 9.90 Å². The third-order valence-corrected chi connectivity index (χ3v) is 4.35. The predicted molar refractivity (Wildman–Crippen MR) is 83.3 cm³/mol. The molecular weight excluding hydrogens is 266 g/mol. The number of carboxylic acid groups (broad SMARTS) is 1. The molecule has 1 amide bonds. The maximum Gasteiger partial charge on any atom is 0.410 e. The Morgan fingerprint density at radius 2 is 2.19 bits per heavy atom. The van der Waals surface area contributed by atoms with E-state index in [4.69, 9.17) is 5.11 Å². The van der Waals surface area contributed by atoms with Crippen LogP contribution in [0.5, 0.6) is 0 Å². The van der Waals surface area contributed by atoms with Crippen LogP contribution in [-0.4, -0.2) is 22.7 Å². The fourth-order valence-corrected chi connectivity index (χ4v) is 3.10. The highest BCUT2D eigenvalue weighted by molar-refractivity contribution is 5.82. The standard InChI is InChI=1S/C16H25N3O2/c1-12(13-6-3-2-4-7-13)10-17-11-14-8-5-9-18-15(14)19-16(20)21/h5,8-9,12-13,17H,2-4,6-7,10-11H2,1H3,(H,18,19)(H,20,21). The zero-order valence-corrected chi connectivity index (χ0v) is 12.6. The molecule has 1 aliphatic carbocycles. The monoisotopic (exact) mass is 291 g/mol. The summed E-state index contributed by atoms with van der Waals surface area (Å²) in [5, 5.41) is 14.6. The summed E-state index contributed by atoms with van der Waals surface area (Å²) in [6, 6.07) is 3.73. The number of pyridine rings is 1. The van der Waals surface area contributed by atoms with Gasteiger partial charge in [0.25, 0.3) is 0 Å². The van der Waals surface area contributed by atoms with Crippen molar-refractivity contribution in [1.29, 1.82) is 0 Å². The second kappa shape index (κ2) is 7.98. The van der Waals surface area contributed by atoms with Gasteiger partial charge in [-0.15, -0.1) is 0 Å². The van der Waals surface area contributed by atoms with Crippen LogP contribution in [-0.2, 0) is 6.54 Å². The Morgan fingerprint density at radius 3 is 2.90 bits per heavy atom. The highest BCUT2D eigenvalue weighted by Crippen LogP contribution is 2.29. The molecule has 1 fully saturated rings. The third kappa shape index (κ3) is 5.01. The molecule has 0 aromatic carbocycles. The van der Waals surface area contributed by atoms with Crippen LogP contribution in [0.25, 0.3) is 0 Å². The number of hydrogen-bond donors (Lipinski definition) is 3. The average Bonchev–Trinajstić information content (AvgIpc) is 2.49. The summed E-state index contributed by atoms with van der Waals surface area (Å²) in [4.78, 5) is 14.8. The molecule has 1 saturated carbocycles. The zero-order chi connectivity index (χ0) is 15.1. The maximum atomic E-state index is 10.7. The van der Waals surface area contributed by atoms with Crippen LogP contribution in [0.3, 0.4) is 0 Å². The SMILES string of the molecule is CC(CNCc1cccnc1NC(=O)O)C1CCCCC1. The second-order valence-electron chi connectivity index (χ2n) is 5.95. The van der Waals surface area contributed by atoms with Crippen LogP contribution >= 0.6 is 0 Å². The minimum Gasteiger partial charge on any atom is -0.465 e. The quantitative estimate of drug-likeness (QED) is 0.750. The second-order valence-corrected chi connectivity index (χ2v) is 5.95. The van der Waals surface area contributed by atoms with Gasteiger partial charge in [-0.05, 0) is 24.4 Å². The van der Waals surface area contributed by atoms with E-state index in [0.717, 1.165) is 18.0 Å². The third-order valence-electron chi connectivity index (χ3n) is 4.35. The molecule has 1 unspecified atom stereocenters. The summed E-state index contributed by atoms with van der Waals surface area (Å²) in [5.74, 6) is 1.91. The number of aromatic nitrogens is 1. The van der Waals surface area contributed by atoms with E-state index in [9.17, 15) is 4.79 Å². The molecule has 0 radical (unpaired) electrons. The Kier molecular flexibility index (Phi) is 5.99. The molecule has 5 nitrogen and oxygen atoms in total. The Hall–Kier alpha value is -1.62. The number of rotatable bonds is 6. The lowest BCUT2D eigenvalue weighted by Crippen LogP contribution is -2.27. The lowest BCUT2D eigenvalue weighted by atomic mass is 9.81.